The minimum atomic E-state index is 0.267. The third-order valence-corrected chi connectivity index (χ3v) is 3.30. The fraction of sp³-hybridized carbons (Fsp3) is 0.200. The maximum Gasteiger partial charge on any atom is 0.162 e. The second-order valence-corrected chi connectivity index (χ2v) is 4.52. The molecule has 0 amide bonds. The number of nitrogens with zero attached hydrogens (tertiary/aromatic N) is 3. The molecule has 3 aromatic rings. The summed E-state index contributed by atoms with van der Waals surface area (Å²) in [4.78, 5) is 0. The molecule has 0 bridgehead atoms. The van der Waals surface area contributed by atoms with Gasteiger partial charge < -0.3 is 19.6 Å². The summed E-state index contributed by atoms with van der Waals surface area (Å²) >= 11 is 0. The molecule has 2 heterocycles. The predicted molar refractivity (Wildman–Crippen MR) is 80.1 cm³/mol. The van der Waals surface area contributed by atoms with E-state index in [0.717, 1.165) is 11.4 Å². The molecule has 1 aromatic carbocycles. The van der Waals surface area contributed by atoms with Crippen molar-refractivity contribution in [3.63, 3.8) is 0 Å². The van der Waals surface area contributed by atoms with Crippen LogP contribution < -0.4 is 15.2 Å². The van der Waals surface area contributed by atoms with Crippen molar-refractivity contribution in [1.82, 2.24) is 15.0 Å². The number of hydrogen-bond acceptors (Lipinski definition) is 6. The molecular formula is C15H16N4O3. The largest absolute Gasteiger partial charge is 0.493 e. The molecular weight excluding hydrogens is 284 g/mol. The van der Waals surface area contributed by atoms with E-state index in [9.17, 15) is 0 Å². The summed E-state index contributed by atoms with van der Waals surface area (Å²) < 4.78 is 17.7. The number of rotatable bonds is 5. The van der Waals surface area contributed by atoms with Gasteiger partial charge in [-0.1, -0.05) is 5.21 Å². The van der Waals surface area contributed by atoms with Crippen molar-refractivity contribution in [2.24, 2.45) is 5.73 Å². The molecule has 0 aliphatic heterocycles. The first-order valence-corrected chi connectivity index (χ1v) is 6.69. The van der Waals surface area contributed by atoms with E-state index in [1.165, 1.54) is 0 Å². The lowest BCUT2D eigenvalue weighted by molar-refractivity contribution is 0.354. The standard InChI is InChI=1S/C15H16N4O3/c1-20-12-6-5-10(8-14(12)21-2)19-15(11(9-16)17-18-19)13-4-3-7-22-13/h3-8H,9,16H2,1-2H3. The topological polar surface area (TPSA) is 88.3 Å². The highest BCUT2D eigenvalue weighted by Crippen LogP contribution is 2.31. The van der Waals surface area contributed by atoms with Crippen molar-refractivity contribution in [2.75, 3.05) is 14.2 Å². The molecule has 0 saturated heterocycles. The van der Waals surface area contributed by atoms with Crippen molar-refractivity contribution >= 4 is 0 Å². The number of aromatic nitrogens is 3. The van der Waals surface area contributed by atoms with E-state index >= 15 is 0 Å². The molecule has 3 rings (SSSR count). The Balaban J connectivity index is 2.15. The van der Waals surface area contributed by atoms with Crippen molar-refractivity contribution in [2.45, 2.75) is 6.54 Å². The lowest BCUT2D eigenvalue weighted by Gasteiger charge is -2.10. The van der Waals surface area contributed by atoms with E-state index < -0.39 is 0 Å². The van der Waals surface area contributed by atoms with Crippen LogP contribution in [-0.4, -0.2) is 29.2 Å². The Kier molecular flexibility index (Phi) is 3.80. The Bertz CT molecular complexity index is 765. The zero-order valence-corrected chi connectivity index (χ0v) is 12.3. The second kappa shape index (κ2) is 5.90. The van der Waals surface area contributed by atoms with Crippen LogP contribution in [0.5, 0.6) is 11.5 Å². The van der Waals surface area contributed by atoms with Crippen LogP contribution in [0, 0.1) is 0 Å². The van der Waals surface area contributed by atoms with Gasteiger partial charge in [0.05, 0.1) is 26.2 Å². The highest BCUT2D eigenvalue weighted by Gasteiger charge is 2.18. The van der Waals surface area contributed by atoms with Gasteiger partial charge in [-0.05, 0) is 24.3 Å². The maximum absolute atomic E-state index is 5.75. The molecule has 0 aliphatic rings. The summed E-state index contributed by atoms with van der Waals surface area (Å²) in [5, 5.41) is 8.30. The summed E-state index contributed by atoms with van der Waals surface area (Å²) in [7, 11) is 3.18. The average Bonchev–Trinajstić information content (AvgIpc) is 3.22. The number of nitrogens with two attached hydrogens (primary N) is 1. The van der Waals surface area contributed by atoms with Crippen LogP contribution in [0.1, 0.15) is 5.69 Å². The van der Waals surface area contributed by atoms with Crippen LogP contribution in [0.2, 0.25) is 0 Å². The minimum Gasteiger partial charge on any atom is -0.493 e. The van der Waals surface area contributed by atoms with Gasteiger partial charge in [0.15, 0.2) is 17.3 Å². The third-order valence-electron chi connectivity index (χ3n) is 3.30. The van der Waals surface area contributed by atoms with Gasteiger partial charge in [-0.2, -0.15) is 0 Å². The lowest BCUT2D eigenvalue weighted by Crippen LogP contribution is -2.03. The van der Waals surface area contributed by atoms with Crippen molar-refractivity contribution in [3.05, 3.63) is 42.3 Å². The monoisotopic (exact) mass is 300 g/mol. The molecule has 114 valence electrons. The smallest absolute Gasteiger partial charge is 0.162 e. The van der Waals surface area contributed by atoms with E-state index in [-0.39, 0.29) is 6.54 Å². The number of furan rings is 1. The van der Waals surface area contributed by atoms with Crippen LogP contribution in [0.4, 0.5) is 0 Å². The van der Waals surface area contributed by atoms with Gasteiger partial charge >= 0.3 is 0 Å². The highest BCUT2D eigenvalue weighted by molar-refractivity contribution is 5.60. The molecule has 0 radical (unpaired) electrons. The van der Waals surface area contributed by atoms with Crippen LogP contribution in [0.15, 0.2) is 41.0 Å². The predicted octanol–water partition coefficient (Wildman–Crippen LogP) is 2.00. The van der Waals surface area contributed by atoms with Gasteiger partial charge in [-0.15, -0.1) is 5.10 Å². The van der Waals surface area contributed by atoms with Gasteiger partial charge in [0.25, 0.3) is 0 Å². The van der Waals surface area contributed by atoms with Crippen molar-refractivity contribution < 1.29 is 13.9 Å². The average molecular weight is 300 g/mol. The second-order valence-electron chi connectivity index (χ2n) is 4.52. The van der Waals surface area contributed by atoms with Crippen molar-refractivity contribution in [1.29, 1.82) is 0 Å². The normalized spacial score (nSPS) is 10.7. The first-order valence-electron chi connectivity index (χ1n) is 6.69. The highest BCUT2D eigenvalue weighted by atomic mass is 16.5. The van der Waals surface area contributed by atoms with E-state index in [0.29, 0.717) is 23.0 Å². The molecule has 0 aliphatic carbocycles. The zero-order chi connectivity index (χ0) is 15.5. The van der Waals surface area contributed by atoms with Crippen molar-refractivity contribution in [3.8, 4) is 28.6 Å². The van der Waals surface area contributed by atoms with Gasteiger partial charge in [-0.25, -0.2) is 4.68 Å². The first kappa shape index (κ1) is 14.2. The Hall–Kier alpha value is -2.80. The van der Waals surface area contributed by atoms with Gasteiger partial charge in [0.2, 0.25) is 0 Å². The summed E-state index contributed by atoms with van der Waals surface area (Å²) in [5.41, 5.74) is 7.90. The lowest BCUT2D eigenvalue weighted by atomic mass is 10.2. The van der Waals surface area contributed by atoms with Gasteiger partial charge in [0, 0.05) is 12.6 Å². The van der Waals surface area contributed by atoms with E-state index in [1.54, 1.807) is 25.2 Å². The zero-order valence-electron chi connectivity index (χ0n) is 12.3. The van der Waals surface area contributed by atoms with Crippen LogP contribution >= 0.6 is 0 Å². The van der Waals surface area contributed by atoms with Crippen LogP contribution in [-0.2, 0) is 6.54 Å². The van der Waals surface area contributed by atoms with E-state index in [1.807, 2.05) is 30.3 Å². The van der Waals surface area contributed by atoms with E-state index in [2.05, 4.69) is 10.3 Å². The molecule has 2 aromatic heterocycles. The summed E-state index contributed by atoms with van der Waals surface area (Å²) in [6.45, 7) is 0.267. The molecule has 7 heteroatoms. The molecule has 7 nitrogen and oxygen atoms in total. The Morgan fingerprint density at radius 2 is 2.00 bits per heavy atom. The summed E-state index contributed by atoms with van der Waals surface area (Å²) in [5.74, 6) is 1.90. The van der Waals surface area contributed by atoms with Gasteiger partial charge in [0.1, 0.15) is 11.4 Å². The Morgan fingerprint density at radius 3 is 2.64 bits per heavy atom. The molecule has 0 saturated carbocycles. The number of benzene rings is 1. The molecule has 0 fully saturated rings. The number of ether oxygens (including phenoxy) is 2. The summed E-state index contributed by atoms with van der Waals surface area (Å²) in [6, 6.07) is 9.14. The number of hydrogen-bond donors (Lipinski definition) is 1. The Labute approximate surface area is 127 Å². The summed E-state index contributed by atoms with van der Waals surface area (Å²) in [6.07, 6.45) is 1.60. The molecule has 0 spiro atoms. The SMILES string of the molecule is COc1ccc(-n2nnc(CN)c2-c2ccco2)cc1OC. The molecule has 0 unspecified atom stereocenters. The molecule has 0 atom stereocenters. The third kappa shape index (κ3) is 2.31. The van der Waals surface area contributed by atoms with Crippen LogP contribution in [0.3, 0.4) is 0 Å². The number of methoxy groups -OCH3 is 2. The maximum atomic E-state index is 5.75. The fourth-order valence-corrected chi connectivity index (χ4v) is 2.25. The molecule has 22 heavy (non-hydrogen) atoms. The fourth-order valence-electron chi connectivity index (χ4n) is 2.25. The first-order chi connectivity index (χ1) is 10.8. The molecule has 2 N–H and O–H groups in total. The minimum absolute atomic E-state index is 0.267. The van der Waals surface area contributed by atoms with Gasteiger partial charge in [-0.3, -0.25) is 0 Å². The Morgan fingerprint density at radius 1 is 1.18 bits per heavy atom. The van der Waals surface area contributed by atoms with Crippen LogP contribution in [0.25, 0.3) is 17.1 Å². The quantitative estimate of drug-likeness (QED) is 0.775. The van der Waals surface area contributed by atoms with E-state index in [4.69, 9.17) is 19.6 Å².